The van der Waals surface area contributed by atoms with E-state index >= 15 is 0 Å². The molecule has 0 radical (unpaired) electrons. The highest BCUT2D eigenvalue weighted by atomic mass is 32.1. The summed E-state index contributed by atoms with van der Waals surface area (Å²) in [7, 11) is 0. The number of amides is 1. The number of nitrogens with zero attached hydrogens (tertiary/aromatic N) is 2. The predicted molar refractivity (Wildman–Crippen MR) is 82.0 cm³/mol. The van der Waals surface area contributed by atoms with Crippen molar-refractivity contribution >= 4 is 28.9 Å². The molecule has 2 aromatic rings. The Kier molecular flexibility index (Phi) is 4.39. The second kappa shape index (κ2) is 6.23. The first kappa shape index (κ1) is 14.1. The van der Waals surface area contributed by atoms with E-state index < -0.39 is 5.91 Å². The van der Waals surface area contributed by atoms with E-state index in [1.807, 2.05) is 31.2 Å². The number of pyridine rings is 1. The first-order valence-electron chi connectivity index (χ1n) is 5.96. The molecule has 0 fully saturated rings. The van der Waals surface area contributed by atoms with Crippen LogP contribution >= 0.6 is 12.2 Å². The number of hydrazine groups is 1. The molecule has 5 nitrogen and oxygen atoms in total. The van der Waals surface area contributed by atoms with E-state index in [1.165, 1.54) is 6.20 Å². The van der Waals surface area contributed by atoms with Crippen LogP contribution in [0.15, 0.2) is 48.7 Å². The van der Waals surface area contributed by atoms with Gasteiger partial charge in [0, 0.05) is 11.9 Å². The Balaban J connectivity index is 2.10. The number of anilines is 1. The number of rotatable bonds is 2. The van der Waals surface area contributed by atoms with Crippen molar-refractivity contribution < 1.29 is 4.79 Å². The van der Waals surface area contributed by atoms with Crippen LogP contribution in [0.2, 0.25) is 0 Å². The summed E-state index contributed by atoms with van der Waals surface area (Å²) in [6, 6.07) is 12.6. The van der Waals surface area contributed by atoms with Crippen molar-refractivity contribution in [2.24, 2.45) is 5.84 Å². The molecule has 0 aliphatic rings. The molecule has 0 atom stereocenters. The number of nitrogens with one attached hydrogen (secondary N) is 1. The van der Waals surface area contributed by atoms with Crippen LogP contribution in [0.25, 0.3) is 0 Å². The van der Waals surface area contributed by atoms with Crippen LogP contribution in [0.1, 0.15) is 16.1 Å². The smallest absolute Gasteiger partial charge is 0.292 e. The number of hydrogen-bond acceptors (Lipinski definition) is 4. The summed E-state index contributed by atoms with van der Waals surface area (Å²) in [5, 5.41) is 3.94. The summed E-state index contributed by atoms with van der Waals surface area (Å²) in [5.41, 5.74) is 2.05. The Bertz CT molecular complexity index is 630. The van der Waals surface area contributed by atoms with Gasteiger partial charge in [-0.15, -0.1) is 0 Å². The molecule has 0 saturated heterocycles. The molecule has 6 heteroatoms. The zero-order valence-corrected chi connectivity index (χ0v) is 11.7. The van der Waals surface area contributed by atoms with Gasteiger partial charge in [0.05, 0.1) is 0 Å². The molecule has 3 N–H and O–H groups in total. The molecule has 20 heavy (non-hydrogen) atoms. The normalized spacial score (nSPS) is 9.90. The molecule has 0 aliphatic heterocycles. The van der Waals surface area contributed by atoms with Crippen molar-refractivity contribution in [2.45, 2.75) is 6.92 Å². The summed E-state index contributed by atoms with van der Waals surface area (Å²) in [6.45, 7) is 1.94. The SMILES string of the molecule is Cc1ccccc1NC(=S)N(N)C(=O)c1ccccn1. The number of hydrogen-bond donors (Lipinski definition) is 2. The average molecular weight is 286 g/mol. The molecule has 1 heterocycles. The monoisotopic (exact) mass is 286 g/mol. The maximum absolute atomic E-state index is 12.1. The number of carbonyl (C=O) groups excluding carboxylic acids is 1. The van der Waals surface area contributed by atoms with Gasteiger partial charge >= 0.3 is 0 Å². The second-order valence-corrected chi connectivity index (χ2v) is 4.52. The molecule has 0 unspecified atom stereocenters. The molecule has 1 aromatic carbocycles. The summed E-state index contributed by atoms with van der Waals surface area (Å²) >= 11 is 5.14. The van der Waals surface area contributed by atoms with Crippen LogP contribution in [-0.4, -0.2) is 21.0 Å². The van der Waals surface area contributed by atoms with E-state index in [9.17, 15) is 4.79 Å². The number of thiocarbonyl (C=S) groups is 1. The third-order valence-electron chi connectivity index (χ3n) is 2.71. The Morgan fingerprint density at radius 3 is 2.60 bits per heavy atom. The average Bonchev–Trinajstić information content (AvgIpc) is 2.49. The van der Waals surface area contributed by atoms with E-state index in [1.54, 1.807) is 18.2 Å². The van der Waals surface area contributed by atoms with Crippen molar-refractivity contribution in [3.8, 4) is 0 Å². The zero-order valence-electron chi connectivity index (χ0n) is 10.9. The minimum atomic E-state index is -0.461. The van der Waals surface area contributed by atoms with E-state index in [-0.39, 0.29) is 10.8 Å². The molecule has 0 spiro atoms. The maximum Gasteiger partial charge on any atom is 0.292 e. The minimum Gasteiger partial charge on any atom is -0.331 e. The third kappa shape index (κ3) is 3.17. The standard InChI is InChI=1S/C14H14N4OS/c1-10-6-2-3-7-11(10)17-14(20)18(15)13(19)12-8-4-5-9-16-12/h2-9H,15H2,1H3,(H,17,20). The first-order chi connectivity index (χ1) is 9.59. The predicted octanol–water partition coefficient (Wildman–Crippen LogP) is 2.10. The Morgan fingerprint density at radius 2 is 1.95 bits per heavy atom. The summed E-state index contributed by atoms with van der Waals surface area (Å²) in [4.78, 5) is 16.0. The van der Waals surface area contributed by atoms with Crippen LogP contribution in [0.4, 0.5) is 5.69 Å². The zero-order chi connectivity index (χ0) is 14.5. The fourth-order valence-electron chi connectivity index (χ4n) is 1.59. The van der Waals surface area contributed by atoms with E-state index in [0.29, 0.717) is 0 Å². The lowest BCUT2D eigenvalue weighted by molar-refractivity contribution is 0.0844. The molecule has 0 bridgehead atoms. The quantitative estimate of drug-likeness (QED) is 0.383. The molecule has 0 aliphatic carbocycles. The van der Waals surface area contributed by atoms with Gasteiger partial charge in [-0.2, -0.15) is 0 Å². The van der Waals surface area contributed by atoms with Gasteiger partial charge in [-0.05, 0) is 42.9 Å². The third-order valence-corrected chi connectivity index (χ3v) is 3.01. The second-order valence-electron chi connectivity index (χ2n) is 4.14. The number of aryl methyl sites for hydroxylation is 1. The van der Waals surface area contributed by atoms with Gasteiger partial charge < -0.3 is 5.32 Å². The highest BCUT2D eigenvalue weighted by Gasteiger charge is 2.17. The number of para-hydroxylation sites is 1. The lowest BCUT2D eigenvalue weighted by Crippen LogP contribution is -2.45. The van der Waals surface area contributed by atoms with Crippen LogP contribution in [0, 0.1) is 6.92 Å². The first-order valence-corrected chi connectivity index (χ1v) is 6.37. The largest absolute Gasteiger partial charge is 0.331 e. The van der Waals surface area contributed by atoms with Crippen molar-refractivity contribution in [3.05, 3.63) is 59.9 Å². The molecular formula is C14H14N4OS. The van der Waals surface area contributed by atoms with Crippen molar-refractivity contribution in [3.63, 3.8) is 0 Å². The molecule has 1 aromatic heterocycles. The minimum absolute atomic E-state index is 0.120. The van der Waals surface area contributed by atoms with Gasteiger partial charge in [-0.1, -0.05) is 24.3 Å². The van der Waals surface area contributed by atoms with Gasteiger partial charge in [-0.25, -0.2) is 10.9 Å². The van der Waals surface area contributed by atoms with Gasteiger partial charge in [0.2, 0.25) is 0 Å². The van der Waals surface area contributed by atoms with Crippen molar-refractivity contribution in [1.29, 1.82) is 0 Å². The van der Waals surface area contributed by atoms with Crippen molar-refractivity contribution in [1.82, 2.24) is 9.99 Å². The molecular weight excluding hydrogens is 272 g/mol. The maximum atomic E-state index is 12.1. The Labute approximate surface area is 122 Å². The topological polar surface area (TPSA) is 71.2 Å². The Morgan fingerprint density at radius 1 is 1.25 bits per heavy atom. The highest BCUT2D eigenvalue weighted by Crippen LogP contribution is 2.13. The lowest BCUT2D eigenvalue weighted by atomic mass is 10.2. The van der Waals surface area contributed by atoms with Gasteiger partial charge in [0.15, 0.2) is 5.11 Å². The summed E-state index contributed by atoms with van der Waals surface area (Å²) in [6.07, 6.45) is 1.53. The fraction of sp³-hybridized carbons (Fsp3) is 0.0714. The van der Waals surface area contributed by atoms with Crippen LogP contribution in [0.3, 0.4) is 0 Å². The molecule has 102 valence electrons. The number of aromatic nitrogens is 1. The Hall–Kier alpha value is -2.31. The van der Waals surface area contributed by atoms with Crippen LogP contribution < -0.4 is 11.2 Å². The fourth-order valence-corrected chi connectivity index (χ4v) is 1.79. The lowest BCUT2D eigenvalue weighted by Gasteiger charge is -2.19. The van der Waals surface area contributed by atoms with Gasteiger partial charge in [-0.3, -0.25) is 9.78 Å². The number of carbonyl (C=O) groups is 1. The molecule has 2 rings (SSSR count). The highest BCUT2D eigenvalue weighted by molar-refractivity contribution is 7.80. The summed E-state index contributed by atoms with van der Waals surface area (Å²) < 4.78 is 0. The number of benzene rings is 1. The van der Waals surface area contributed by atoms with Gasteiger partial charge in [0.1, 0.15) is 5.69 Å². The number of nitrogens with two attached hydrogens (primary N) is 1. The van der Waals surface area contributed by atoms with Crippen LogP contribution in [0.5, 0.6) is 0 Å². The van der Waals surface area contributed by atoms with Gasteiger partial charge in [0.25, 0.3) is 5.91 Å². The molecule has 1 amide bonds. The molecule has 0 saturated carbocycles. The van der Waals surface area contributed by atoms with E-state index in [4.69, 9.17) is 18.1 Å². The van der Waals surface area contributed by atoms with E-state index in [0.717, 1.165) is 16.3 Å². The van der Waals surface area contributed by atoms with Crippen LogP contribution in [-0.2, 0) is 0 Å². The van der Waals surface area contributed by atoms with Crippen molar-refractivity contribution in [2.75, 3.05) is 5.32 Å². The van der Waals surface area contributed by atoms with E-state index in [2.05, 4.69) is 10.3 Å². The summed E-state index contributed by atoms with van der Waals surface area (Å²) in [5.74, 6) is 5.27.